The molecule has 0 radical (unpaired) electrons. The summed E-state index contributed by atoms with van der Waals surface area (Å²) in [4.78, 5) is 5.02. The van der Waals surface area contributed by atoms with Gasteiger partial charge < -0.3 is 15.5 Å². The minimum Gasteiger partial charge on any atom is -0.382 e. The summed E-state index contributed by atoms with van der Waals surface area (Å²) >= 11 is 0. The fraction of sp³-hybridized carbons (Fsp3) is 0.714. The molecule has 0 saturated carbocycles. The Morgan fingerprint density at radius 3 is 2.32 bits per heavy atom. The maximum Gasteiger partial charge on any atom is 0.151 e. The van der Waals surface area contributed by atoms with E-state index < -0.39 is 0 Å². The number of aromatic nitrogens is 2. The molecular weight excluding hydrogens is 238 g/mol. The van der Waals surface area contributed by atoms with Gasteiger partial charge in [-0.1, -0.05) is 6.42 Å². The van der Waals surface area contributed by atoms with E-state index in [0.717, 1.165) is 24.9 Å². The van der Waals surface area contributed by atoms with Crippen molar-refractivity contribution >= 4 is 11.6 Å². The van der Waals surface area contributed by atoms with E-state index in [2.05, 4.69) is 20.0 Å². The second-order valence-corrected chi connectivity index (χ2v) is 5.63. The minimum absolute atomic E-state index is 0.493. The monoisotopic (exact) mass is 261 g/mol. The molecule has 5 heteroatoms. The molecule has 0 amide bonds. The second-order valence-electron chi connectivity index (χ2n) is 5.63. The molecule has 2 aliphatic heterocycles. The SMILES string of the molecule is Nc1ccc(N2CCC(N3CCCCC3)CC2)nn1. The van der Waals surface area contributed by atoms with Crippen molar-refractivity contribution in [2.75, 3.05) is 36.8 Å². The highest BCUT2D eigenvalue weighted by molar-refractivity contribution is 5.41. The zero-order valence-electron chi connectivity index (χ0n) is 11.5. The molecule has 2 saturated heterocycles. The van der Waals surface area contributed by atoms with Crippen LogP contribution < -0.4 is 10.6 Å². The van der Waals surface area contributed by atoms with E-state index in [4.69, 9.17) is 5.73 Å². The molecule has 0 unspecified atom stereocenters. The Kier molecular flexibility index (Phi) is 3.82. The number of hydrogen-bond donors (Lipinski definition) is 1. The zero-order valence-corrected chi connectivity index (χ0v) is 11.5. The van der Waals surface area contributed by atoms with E-state index in [1.54, 1.807) is 0 Å². The van der Waals surface area contributed by atoms with Crippen molar-refractivity contribution in [3.05, 3.63) is 12.1 Å². The van der Waals surface area contributed by atoms with Crippen molar-refractivity contribution in [2.24, 2.45) is 0 Å². The molecule has 0 bridgehead atoms. The Balaban J connectivity index is 1.55. The van der Waals surface area contributed by atoms with Crippen LogP contribution in [0, 0.1) is 0 Å². The van der Waals surface area contributed by atoms with Crippen LogP contribution in [0.1, 0.15) is 32.1 Å². The maximum absolute atomic E-state index is 5.58. The van der Waals surface area contributed by atoms with E-state index in [1.807, 2.05) is 12.1 Å². The van der Waals surface area contributed by atoms with Crippen LogP contribution in [0.2, 0.25) is 0 Å². The molecule has 0 spiro atoms. The first kappa shape index (κ1) is 12.7. The van der Waals surface area contributed by atoms with Gasteiger partial charge in [-0.3, -0.25) is 0 Å². The number of hydrogen-bond acceptors (Lipinski definition) is 5. The fourth-order valence-corrected chi connectivity index (χ4v) is 3.25. The summed E-state index contributed by atoms with van der Waals surface area (Å²) < 4.78 is 0. The topological polar surface area (TPSA) is 58.3 Å². The van der Waals surface area contributed by atoms with Gasteiger partial charge in [-0.15, -0.1) is 10.2 Å². The predicted molar refractivity (Wildman–Crippen MR) is 77.1 cm³/mol. The Morgan fingerprint density at radius 1 is 0.947 bits per heavy atom. The summed E-state index contributed by atoms with van der Waals surface area (Å²) in [6.45, 7) is 4.76. The number of rotatable bonds is 2. The average molecular weight is 261 g/mol. The van der Waals surface area contributed by atoms with Crippen LogP contribution in [-0.2, 0) is 0 Å². The van der Waals surface area contributed by atoms with E-state index in [-0.39, 0.29) is 0 Å². The number of likely N-dealkylation sites (tertiary alicyclic amines) is 1. The smallest absolute Gasteiger partial charge is 0.151 e. The molecule has 3 heterocycles. The lowest BCUT2D eigenvalue weighted by atomic mass is 10.00. The summed E-state index contributed by atoms with van der Waals surface area (Å²) in [5.41, 5.74) is 5.58. The molecule has 0 aromatic carbocycles. The van der Waals surface area contributed by atoms with Gasteiger partial charge in [-0.25, -0.2) is 0 Å². The predicted octanol–water partition coefficient (Wildman–Crippen LogP) is 1.51. The van der Waals surface area contributed by atoms with Gasteiger partial charge in [-0.2, -0.15) is 0 Å². The van der Waals surface area contributed by atoms with Crippen LogP contribution in [0.5, 0.6) is 0 Å². The van der Waals surface area contributed by atoms with Crippen molar-refractivity contribution in [3.63, 3.8) is 0 Å². The Labute approximate surface area is 114 Å². The van der Waals surface area contributed by atoms with Gasteiger partial charge in [0.1, 0.15) is 5.82 Å². The van der Waals surface area contributed by atoms with Gasteiger partial charge in [0.2, 0.25) is 0 Å². The van der Waals surface area contributed by atoms with Crippen molar-refractivity contribution in [1.82, 2.24) is 15.1 Å². The van der Waals surface area contributed by atoms with E-state index in [9.17, 15) is 0 Å². The molecule has 5 nitrogen and oxygen atoms in total. The summed E-state index contributed by atoms with van der Waals surface area (Å²) in [6, 6.07) is 4.58. The molecule has 3 rings (SSSR count). The van der Waals surface area contributed by atoms with Crippen LogP contribution in [0.15, 0.2) is 12.1 Å². The highest BCUT2D eigenvalue weighted by atomic mass is 15.3. The molecule has 1 aromatic rings. The van der Waals surface area contributed by atoms with Crippen molar-refractivity contribution in [1.29, 1.82) is 0 Å². The molecule has 2 fully saturated rings. The molecule has 104 valence electrons. The third-order valence-corrected chi connectivity index (χ3v) is 4.37. The third kappa shape index (κ3) is 2.97. The first-order valence-electron chi connectivity index (χ1n) is 7.41. The van der Waals surface area contributed by atoms with Gasteiger partial charge in [0.15, 0.2) is 5.82 Å². The van der Waals surface area contributed by atoms with E-state index >= 15 is 0 Å². The first-order valence-corrected chi connectivity index (χ1v) is 7.41. The van der Waals surface area contributed by atoms with E-state index in [0.29, 0.717) is 5.82 Å². The summed E-state index contributed by atoms with van der Waals surface area (Å²) in [6.07, 6.45) is 6.65. The lowest BCUT2D eigenvalue weighted by Gasteiger charge is -2.40. The highest BCUT2D eigenvalue weighted by Gasteiger charge is 2.26. The highest BCUT2D eigenvalue weighted by Crippen LogP contribution is 2.23. The molecule has 2 aliphatic rings. The Morgan fingerprint density at radius 2 is 1.68 bits per heavy atom. The van der Waals surface area contributed by atoms with Gasteiger partial charge >= 0.3 is 0 Å². The van der Waals surface area contributed by atoms with E-state index in [1.165, 1.54) is 45.2 Å². The number of nitrogens with two attached hydrogens (primary N) is 1. The molecule has 19 heavy (non-hydrogen) atoms. The summed E-state index contributed by atoms with van der Waals surface area (Å²) in [5.74, 6) is 1.46. The maximum atomic E-state index is 5.58. The summed E-state index contributed by atoms with van der Waals surface area (Å²) in [5, 5.41) is 8.12. The Hall–Kier alpha value is -1.36. The van der Waals surface area contributed by atoms with Crippen LogP contribution >= 0.6 is 0 Å². The third-order valence-electron chi connectivity index (χ3n) is 4.37. The molecular formula is C14H23N5. The molecule has 0 aliphatic carbocycles. The molecule has 2 N–H and O–H groups in total. The van der Waals surface area contributed by atoms with Crippen LogP contribution in [0.25, 0.3) is 0 Å². The largest absolute Gasteiger partial charge is 0.382 e. The van der Waals surface area contributed by atoms with Gasteiger partial charge in [0.05, 0.1) is 0 Å². The number of anilines is 2. The lowest BCUT2D eigenvalue weighted by molar-refractivity contribution is 0.141. The van der Waals surface area contributed by atoms with Crippen molar-refractivity contribution in [2.45, 2.75) is 38.1 Å². The fourth-order valence-electron chi connectivity index (χ4n) is 3.25. The number of piperidine rings is 2. The van der Waals surface area contributed by atoms with Crippen LogP contribution in [0.3, 0.4) is 0 Å². The zero-order chi connectivity index (χ0) is 13.1. The average Bonchev–Trinajstić information content (AvgIpc) is 2.49. The molecule has 1 aromatic heterocycles. The first-order chi connectivity index (χ1) is 9.33. The number of nitrogen functional groups attached to an aromatic ring is 1. The second kappa shape index (κ2) is 5.74. The minimum atomic E-state index is 0.493. The summed E-state index contributed by atoms with van der Waals surface area (Å²) in [7, 11) is 0. The molecule has 0 atom stereocenters. The van der Waals surface area contributed by atoms with Crippen molar-refractivity contribution < 1.29 is 0 Å². The normalized spacial score (nSPS) is 22.6. The number of nitrogens with zero attached hydrogens (tertiary/aromatic N) is 4. The van der Waals surface area contributed by atoms with Crippen LogP contribution in [0.4, 0.5) is 11.6 Å². The lowest BCUT2D eigenvalue weighted by Crippen LogP contribution is -2.47. The van der Waals surface area contributed by atoms with Gasteiger partial charge in [0, 0.05) is 19.1 Å². The van der Waals surface area contributed by atoms with Gasteiger partial charge in [-0.05, 0) is 50.9 Å². The Bertz CT molecular complexity index is 391. The standard InChI is InChI=1S/C14H23N5/c15-13-4-5-14(17-16-13)19-10-6-12(7-11-19)18-8-2-1-3-9-18/h4-5,12H,1-3,6-11H2,(H2,15,16). The van der Waals surface area contributed by atoms with Gasteiger partial charge in [0.25, 0.3) is 0 Å². The van der Waals surface area contributed by atoms with Crippen molar-refractivity contribution in [3.8, 4) is 0 Å². The van der Waals surface area contributed by atoms with Crippen LogP contribution in [-0.4, -0.2) is 47.3 Å². The quantitative estimate of drug-likeness (QED) is 0.874.